The van der Waals surface area contributed by atoms with Gasteiger partial charge in [0, 0.05) is 33.7 Å². The molecule has 0 bridgehead atoms. The maximum atomic E-state index is 13.1. The summed E-state index contributed by atoms with van der Waals surface area (Å²) >= 11 is 3.39. The fraction of sp³-hybridized carbons (Fsp3) is 0. The van der Waals surface area contributed by atoms with Gasteiger partial charge in [-0.05, 0) is 77.9 Å². The molecule has 37 heavy (non-hydrogen) atoms. The third-order valence-electron chi connectivity index (χ3n) is 5.25. The van der Waals surface area contributed by atoms with Crippen molar-refractivity contribution >= 4 is 51.4 Å². The Morgan fingerprint density at radius 2 is 1.49 bits per heavy atom. The Hall–Kier alpha value is -4.62. The van der Waals surface area contributed by atoms with Gasteiger partial charge >= 0.3 is 0 Å². The molecule has 0 radical (unpaired) electrons. The van der Waals surface area contributed by atoms with Crippen LogP contribution in [0.2, 0.25) is 0 Å². The summed E-state index contributed by atoms with van der Waals surface area (Å²) in [6.07, 6.45) is 8.01. The minimum Gasteiger partial charge on any atom is -0.321 e. The van der Waals surface area contributed by atoms with E-state index in [-0.39, 0.29) is 11.5 Å². The zero-order valence-electron chi connectivity index (χ0n) is 19.6. The van der Waals surface area contributed by atoms with Crippen LogP contribution in [0.4, 0.5) is 5.69 Å². The maximum Gasteiger partial charge on any atom is 0.272 e. The maximum absolute atomic E-state index is 13.1. The van der Waals surface area contributed by atoms with Gasteiger partial charge in [0.05, 0.1) is 0 Å². The number of benzene rings is 3. The van der Waals surface area contributed by atoms with Crippen molar-refractivity contribution in [3.8, 4) is 0 Å². The van der Waals surface area contributed by atoms with Gasteiger partial charge in [-0.3, -0.25) is 19.4 Å². The molecule has 0 fully saturated rings. The Morgan fingerprint density at radius 3 is 2.16 bits per heavy atom. The Kier molecular flexibility index (Phi) is 8.52. The van der Waals surface area contributed by atoms with Crippen LogP contribution in [0.25, 0.3) is 12.2 Å². The number of ketones is 1. The largest absolute Gasteiger partial charge is 0.321 e. The second kappa shape index (κ2) is 12.4. The highest BCUT2D eigenvalue weighted by atomic mass is 79.9. The van der Waals surface area contributed by atoms with Crippen molar-refractivity contribution in [2.24, 2.45) is 0 Å². The Labute approximate surface area is 222 Å². The van der Waals surface area contributed by atoms with Crippen LogP contribution in [0.3, 0.4) is 0 Å². The number of hydrogen-bond acceptors (Lipinski definition) is 4. The summed E-state index contributed by atoms with van der Waals surface area (Å²) in [5.41, 5.74) is 3.00. The molecule has 0 saturated carbocycles. The fourth-order valence-electron chi connectivity index (χ4n) is 3.33. The number of halogens is 1. The van der Waals surface area contributed by atoms with Crippen LogP contribution in [0.1, 0.15) is 31.8 Å². The second-order valence-corrected chi connectivity index (χ2v) is 8.86. The van der Waals surface area contributed by atoms with Crippen LogP contribution in [0, 0.1) is 0 Å². The molecule has 0 aliphatic carbocycles. The normalized spacial score (nSPS) is 11.2. The Bertz CT molecular complexity index is 1450. The number of carbonyl (C=O) groups excluding carboxylic acids is 3. The van der Waals surface area contributed by atoms with E-state index in [9.17, 15) is 14.4 Å². The summed E-state index contributed by atoms with van der Waals surface area (Å²) in [7, 11) is 0. The van der Waals surface area contributed by atoms with E-state index in [1.54, 1.807) is 91.3 Å². The number of nitrogens with zero attached hydrogens (tertiary/aromatic N) is 1. The lowest BCUT2D eigenvalue weighted by Crippen LogP contribution is -2.30. The molecule has 0 atom stereocenters. The minimum absolute atomic E-state index is 0.0550. The molecule has 1 heterocycles. The molecular weight excluding hydrogens is 530 g/mol. The zero-order valence-corrected chi connectivity index (χ0v) is 21.2. The number of pyridine rings is 1. The van der Waals surface area contributed by atoms with Gasteiger partial charge in [0.2, 0.25) is 0 Å². The number of carbonyl (C=O) groups is 3. The van der Waals surface area contributed by atoms with Gasteiger partial charge in [-0.15, -0.1) is 0 Å². The SMILES string of the molecule is O=C(Nc1ccc(C(=O)/C=C/c2ccc(Br)cc2)cc1)/C(=C/c1cccnc1)NC(=O)c1ccccc1. The van der Waals surface area contributed by atoms with Gasteiger partial charge < -0.3 is 10.6 Å². The molecule has 2 amide bonds. The average molecular weight is 552 g/mol. The first-order chi connectivity index (χ1) is 18.0. The highest BCUT2D eigenvalue weighted by Crippen LogP contribution is 2.15. The molecule has 0 aliphatic heterocycles. The quantitative estimate of drug-likeness (QED) is 0.203. The van der Waals surface area contributed by atoms with Crippen molar-refractivity contribution in [2.75, 3.05) is 5.32 Å². The van der Waals surface area contributed by atoms with E-state index < -0.39 is 11.8 Å². The Balaban J connectivity index is 1.47. The van der Waals surface area contributed by atoms with E-state index in [1.165, 1.54) is 6.08 Å². The van der Waals surface area contributed by atoms with Crippen LogP contribution in [-0.4, -0.2) is 22.6 Å². The van der Waals surface area contributed by atoms with Gasteiger partial charge in [-0.1, -0.05) is 58.4 Å². The van der Waals surface area contributed by atoms with E-state index in [0.29, 0.717) is 22.4 Å². The average Bonchev–Trinajstić information content (AvgIpc) is 2.93. The molecular formula is C30H22BrN3O3. The van der Waals surface area contributed by atoms with Crippen LogP contribution in [0.5, 0.6) is 0 Å². The van der Waals surface area contributed by atoms with Gasteiger partial charge in [0.15, 0.2) is 5.78 Å². The number of aromatic nitrogens is 1. The number of anilines is 1. The van der Waals surface area contributed by atoms with E-state index >= 15 is 0 Å². The predicted octanol–water partition coefficient (Wildman–Crippen LogP) is 6.15. The van der Waals surface area contributed by atoms with Crippen LogP contribution < -0.4 is 10.6 Å². The van der Waals surface area contributed by atoms with Crippen molar-refractivity contribution in [1.29, 1.82) is 0 Å². The lowest BCUT2D eigenvalue weighted by atomic mass is 10.1. The molecule has 0 unspecified atom stereocenters. The molecule has 3 aromatic carbocycles. The molecule has 6 nitrogen and oxygen atoms in total. The second-order valence-electron chi connectivity index (χ2n) is 7.95. The highest BCUT2D eigenvalue weighted by molar-refractivity contribution is 9.10. The lowest BCUT2D eigenvalue weighted by molar-refractivity contribution is -0.113. The van der Waals surface area contributed by atoms with Crippen molar-refractivity contribution < 1.29 is 14.4 Å². The fourth-order valence-corrected chi connectivity index (χ4v) is 3.59. The number of nitrogens with one attached hydrogen (secondary N) is 2. The summed E-state index contributed by atoms with van der Waals surface area (Å²) in [6.45, 7) is 0. The third kappa shape index (κ3) is 7.43. The summed E-state index contributed by atoms with van der Waals surface area (Å²) in [4.78, 5) is 42.4. The van der Waals surface area contributed by atoms with Crippen molar-refractivity contribution in [3.05, 3.63) is 142 Å². The minimum atomic E-state index is -0.512. The molecule has 182 valence electrons. The molecule has 7 heteroatoms. The van der Waals surface area contributed by atoms with Gasteiger partial charge in [0.25, 0.3) is 11.8 Å². The summed E-state index contributed by atoms with van der Waals surface area (Å²) in [6, 6.07) is 26.3. The third-order valence-corrected chi connectivity index (χ3v) is 5.78. The summed E-state index contributed by atoms with van der Waals surface area (Å²) in [5, 5.41) is 5.46. The number of hydrogen-bond donors (Lipinski definition) is 2. The molecule has 0 spiro atoms. The Morgan fingerprint density at radius 1 is 0.757 bits per heavy atom. The molecule has 4 rings (SSSR count). The number of amides is 2. The van der Waals surface area contributed by atoms with Crippen LogP contribution in [-0.2, 0) is 4.79 Å². The van der Waals surface area contributed by atoms with Crippen LogP contribution in [0.15, 0.2) is 120 Å². The lowest BCUT2D eigenvalue weighted by Gasteiger charge is -2.11. The number of rotatable bonds is 8. The van der Waals surface area contributed by atoms with E-state index in [0.717, 1.165) is 10.0 Å². The van der Waals surface area contributed by atoms with Gasteiger partial charge in [-0.25, -0.2) is 0 Å². The van der Waals surface area contributed by atoms with Gasteiger partial charge in [0.1, 0.15) is 5.70 Å². The van der Waals surface area contributed by atoms with Crippen LogP contribution >= 0.6 is 15.9 Å². The number of allylic oxidation sites excluding steroid dienone is 1. The molecule has 4 aromatic rings. The smallest absolute Gasteiger partial charge is 0.272 e. The summed E-state index contributed by atoms with van der Waals surface area (Å²) < 4.78 is 0.965. The predicted molar refractivity (Wildman–Crippen MR) is 149 cm³/mol. The molecule has 2 N–H and O–H groups in total. The van der Waals surface area contributed by atoms with E-state index in [1.807, 2.05) is 24.3 Å². The topological polar surface area (TPSA) is 88.2 Å². The van der Waals surface area contributed by atoms with Crippen molar-refractivity contribution in [1.82, 2.24) is 10.3 Å². The van der Waals surface area contributed by atoms with E-state index in [2.05, 4.69) is 31.5 Å². The van der Waals surface area contributed by atoms with Crippen molar-refractivity contribution in [3.63, 3.8) is 0 Å². The van der Waals surface area contributed by atoms with Crippen molar-refractivity contribution in [2.45, 2.75) is 0 Å². The highest BCUT2D eigenvalue weighted by Gasteiger charge is 2.15. The standard InChI is InChI=1S/C30H22BrN3O3/c31-25-13-8-21(9-14-25)10-17-28(35)23-11-15-26(16-12-23)33-30(37)27(19-22-5-4-18-32-20-22)34-29(36)24-6-2-1-3-7-24/h1-20H,(H,33,37)(H,34,36)/b17-10+,27-19-. The summed E-state index contributed by atoms with van der Waals surface area (Å²) in [5.74, 6) is -1.08. The first-order valence-corrected chi connectivity index (χ1v) is 12.1. The van der Waals surface area contributed by atoms with E-state index in [4.69, 9.17) is 0 Å². The molecule has 1 aromatic heterocycles. The van der Waals surface area contributed by atoms with Gasteiger partial charge in [-0.2, -0.15) is 0 Å². The molecule has 0 aliphatic rings. The first-order valence-electron chi connectivity index (χ1n) is 11.4. The molecule has 0 saturated heterocycles. The zero-order chi connectivity index (χ0) is 26.0. The monoisotopic (exact) mass is 551 g/mol. The first kappa shape index (κ1) is 25.5.